The average Bonchev–Trinajstić information content (AvgIpc) is 2.95. The molecule has 0 bridgehead atoms. The normalized spacial score (nSPS) is 28.8. The van der Waals surface area contributed by atoms with Gasteiger partial charge in [0.1, 0.15) is 0 Å². The number of furan rings is 1. The molecule has 1 unspecified atom stereocenters. The van der Waals surface area contributed by atoms with Crippen LogP contribution in [0.2, 0.25) is 0 Å². The van der Waals surface area contributed by atoms with Crippen molar-refractivity contribution in [3.05, 3.63) is 24.2 Å². The fourth-order valence-corrected chi connectivity index (χ4v) is 3.60. The maximum atomic E-state index is 5.35. The second-order valence-corrected chi connectivity index (χ2v) is 6.62. The molecule has 0 radical (unpaired) electrons. The van der Waals surface area contributed by atoms with Crippen molar-refractivity contribution >= 4 is 0 Å². The van der Waals surface area contributed by atoms with Gasteiger partial charge in [0, 0.05) is 11.1 Å². The van der Waals surface area contributed by atoms with E-state index < -0.39 is 0 Å². The van der Waals surface area contributed by atoms with Crippen molar-refractivity contribution in [1.29, 1.82) is 0 Å². The maximum absolute atomic E-state index is 5.35. The summed E-state index contributed by atoms with van der Waals surface area (Å²) < 4.78 is 5.35. The molecule has 20 heavy (non-hydrogen) atoms. The molecular formula is C17H30N2O. The van der Waals surface area contributed by atoms with Crippen LogP contribution in [-0.4, -0.2) is 31.1 Å². The smallest absolute Gasteiger partial charge is 0.0951 e. The molecule has 1 fully saturated rings. The first kappa shape index (κ1) is 15.6. The van der Waals surface area contributed by atoms with Gasteiger partial charge in [-0.2, -0.15) is 0 Å². The third-order valence-electron chi connectivity index (χ3n) is 5.04. The van der Waals surface area contributed by atoms with Gasteiger partial charge in [-0.05, 0) is 64.7 Å². The topological polar surface area (TPSA) is 28.4 Å². The molecule has 2 rings (SSSR count). The Labute approximate surface area is 123 Å². The van der Waals surface area contributed by atoms with Gasteiger partial charge in [0.25, 0.3) is 0 Å². The van der Waals surface area contributed by atoms with Crippen molar-refractivity contribution in [2.45, 2.75) is 57.5 Å². The van der Waals surface area contributed by atoms with E-state index in [4.69, 9.17) is 4.42 Å². The van der Waals surface area contributed by atoms with Crippen LogP contribution in [0.3, 0.4) is 0 Å². The molecule has 1 atom stereocenters. The summed E-state index contributed by atoms with van der Waals surface area (Å²) in [6.45, 7) is 5.66. The Balaban J connectivity index is 2.27. The highest BCUT2D eigenvalue weighted by Gasteiger charge is 2.43. The van der Waals surface area contributed by atoms with Gasteiger partial charge in [-0.25, -0.2) is 0 Å². The lowest BCUT2D eigenvalue weighted by atomic mass is 9.70. The second-order valence-electron chi connectivity index (χ2n) is 6.62. The van der Waals surface area contributed by atoms with Crippen molar-refractivity contribution in [3.8, 4) is 0 Å². The zero-order chi connectivity index (χ0) is 14.6. The van der Waals surface area contributed by atoms with Crippen LogP contribution in [0.1, 0.15) is 57.6 Å². The quantitative estimate of drug-likeness (QED) is 0.857. The van der Waals surface area contributed by atoms with Gasteiger partial charge in [0.2, 0.25) is 0 Å². The molecule has 0 amide bonds. The lowest BCUT2D eigenvalue weighted by Gasteiger charge is -2.49. The zero-order valence-electron chi connectivity index (χ0n) is 13.5. The molecule has 3 nitrogen and oxygen atoms in total. The summed E-state index contributed by atoms with van der Waals surface area (Å²) in [4.78, 5) is 2.44. The predicted octanol–water partition coefficient (Wildman–Crippen LogP) is 3.83. The molecule has 1 aliphatic rings. The van der Waals surface area contributed by atoms with Crippen LogP contribution in [0.25, 0.3) is 0 Å². The van der Waals surface area contributed by atoms with Gasteiger partial charge in [-0.15, -0.1) is 0 Å². The minimum Gasteiger partial charge on any atom is -0.472 e. The van der Waals surface area contributed by atoms with E-state index in [0.717, 1.165) is 18.9 Å². The lowest BCUT2D eigenvalue weighted by Crippen LogP contribution is -2.55. The molecule has 3 heteroatoms. The van der Waals surface area contributed by atoms with Gasteiger partial charge in [0.15, 0.2) is 0 Å². The maximum Gasteiger partial charge on any atom is 0.0951 e. The highest BCUT2D eigenvalue weighted by molar-refractivity contribution is 5.19. The molecule has 1 aromatic heterocycles. The minimum atomic E-state index is 0.214. The molecule has 0 aromatic carbocycles. The Morgan fingerprint density at radius 2 is 2.10 bits per heavy atom. The molecule has 1 saturated carbocycles. The van der Waals surface area contributed by atoms with E-state index in [1.807, 2.05) is 6.26 Å². The van der Waals surface area contributed by atoms with Crippen LogP contribution < -0.4 is 5.32 Å². The summed E-state index contributed by atoms with van der Waals surface area (Å²) in [6, 6.07) is 2.49. The number of rotatable bonds is 6. The summed E-state index contributed by atoms with van der Waals surface area (Å²) in [5.74, 6) is 0.860. The summed E-state index contributed by atoms with van der Waals surface area (Å²) in [6.07, 6.45) is 10.0. The fraction of sp³-hybridized carbons (Fsp3) is 0.765. The van der Waals surface area contributed by atoms with Gasteiger partial charge in [0.05, 0.1) is 18.6 Å². The first-order valence-electron chi connectivity index (χ1n) is 8.03. The summed E-state index contributed by atoms with van der Waals surface area (Å²) in [5, 5.41) is 3.78. The monoisotopic (exact) mass is 278 g/mol. The Hall–Kier alpha value is -0.800. The highest BCUT2D eigenvalue weighted by Crippen LogP contribution is 2.43. The van der Waals surface area contributed by atoms with Crippen LogP contribution >= 0.6 is 0 Å². The van der Waals surface area contributed by atoms with Crippen LogP contribution in [0, 0.1) is 5.92 Å². The summed E-state index contributed by atoms with van der Waals surface area (Å²) in [7, 11) is 4.47. The summed E-state index contributed by atoms with van der Waals surface area (Å²) >= 11 is 0. The minimum absolute atomic E-state index is 0.214. The van der Waals surface area contributed by atoms with Crippen molar-refractivity contribution in [3.63, 3.8) is 0 Å². The van der Waals surface area contributed by atoms with E-state index in [-0.39, 0.29) is 5.54 Å². The summed E-state index contributed by atoms with van der Waals surface area (Å²) in [5.41, 5.74) is 1.51. The molecule has 0 aliphatic heterocycles. The predicted molar refractivity (Wildman–Crippen MR) is 83.8 cm³/mol. The largest absolute Gasteiger partial charge is 0.472 e. The number of hydrogen-bond donors (Lipinski definition) is 1. The van der Waals surface area contributed by atoms with E-state index in [1.165, 1.54) is 31.2 Å². The Morgan fingerprint density at radius 3 is 2.60 bits per heavy atom. The first-order valence-corrected chi connectivity index (χ1v) is 8.03. The SMILES string of the molecule is CCCNC(c1ccoc1)C1(N(C)C)CCC(C)CC1. The molecule has 0 saturated heterocycles. The zero-order valence-corrected chi connectivity index (χ0v) is 13.5. The Kier molecular flexibility index (Phi) is 5.28. The van der Waals surface area contributed by atoms with Crippen LogP contribution in [0.15, 0.2) is 23.0 Å². The molecule has 1 N–H and O–H groups in total. The van der Waals surface area contributed by atoms with Gasteiger partial charge < -0.3 is 14.6 Å². The molecule has 1 heterocycles. The molecular weight excluding hydrogens is 248 g/mol. The molecule has 1 aromatic rings. The third kappa shape index (κ3) is 3.09. The van der Waals surface area contributed by atoms with E-state index in [2.05, 4.69) is 44.2 Å². The van der Waals surface area contributed by atoms with Crippen molar-refractivity contribution < 1.29 is 4.42 Å². The van der Waals surface area contributed by atoms with Crippen molar-refractivity contribution in [2.24, 2.45) is 5.92 Å². The Bertz CT molecular complexity index is 378. The fourth-order valence-electron chi connectivity index (χ4n) is 3.60. The van der Waals surface area contributed by atoms with Crippen molar-refractivity contribution in [1.82, 2.24) is 10.2 Å². The van der Waals surface area contributed by atoms with E-state index in [1.54, 1.807) is 6.26 Å². The van der Waals surface area contributed by atoms with Crippen molar-refractivity contribution in [2.75, 3.05) is 20.6 Å². The van der Waals surface area contributed by atoms with E-state index in [9.17, 15) is 0 Å². The average molecular weight is 278 g/mol. The van der Waals surface area contributed by atoms with Gasteiger partial charge >= 0.3 is 0 Å². The molecule has 1 aliphatic carbocycles. The van der Waals surface area contributed by atoms with Gasteiger partial charge in [-0.3, -0.25) is 0 Å². The number of hydrogen-bond acceptors (Lipinski definition) is 3. The number of nitrogens with zero attached hydrogens (tertiary/aromatic N) is 1. The first-order chi connectivity index (χ1) is 9.60. The number of nitrogens with one attached hydrogen (secondary N) is 1. The highest BCUT2D eigenvalue weighted by atomic mass is 16.3. The van der Waals surface area contributed by atoms with Gasteiger partial charge in [-0.1, -0.05) is 13.8 Å². The second kappa shape index (κ2) is 6.77. The van der Waals surface area contributed by atoms with Crippen LogP contribution in [-0.2, 0) is 0 Å². The van der Waals surface area contributed by atoms with E-state index >= 15 is 0 Å². The lowest BCUT2D eigenvalue weighted by molar-refractivity contribution is 0.0426. The van der Waals surface area contributed by atoms with E-state index in [0.29, 0.717) is 6.04 Å². The standard InChI is InChI=1S/C17H30N2O/c1-5-11-18-16(15-8-12-20-13-15)17(19(3)4)9-6-14(2)7-10-17/h8,12-14,16,18H,5-7,9-11H2,1-4H3. The van der Waals surface area contributed by atoms with Crippen LogP contribution in [0.5, 0.6) is 0 Å². The number of likely N-dealkylation sites (N-methyl/N-ethyl adjacent to an activating group) is 1. The molecule has 114 valence electrons. The third-order valence-corrected chi connectivity index (χ3v) is 5.04. The van der Waals surface area contributed by atoms with Crippen LogP contribution in [0.4, 0.5) is 0 Å². The molecule has 0 spiro atoms. The Morgan fingerprint density at radius 1 is 1.40 bits per heavy atom.